The van der Waals surface area contributed by atoms with Crippen LogP contribution in [0.3, 0.4) is 0 Å². The molecule has 36 heavy (non-hydrogen) atoms. The van der Waals surface area contributed by atoms with Crippen molar-refractivity contribution in [1.29, 1.82) is 0 Å². The van der Waals surface area contributed by atoms with E-state index in [9.17, 15) is 4.39 Å². The van der Waals surface area contributed by atoms with Gasteiger partial charge in [-0.1, -0.05) is 29.8 Å². The Bertz CT molecular complexity index is 1370. The molecule has 2 aromatic heterocycles. The second-order valence-electron chi connectivity index (χ2n) is 10.4. The number of imidazole rings is 1. The number of rotatable bonds is 7. The minimum absolute atomic E-state index is 0.232. The van der Waals surface area contributed by atoms with E-state index in [4.69, 9.17) is 22.3 Å². The first-order chi connectivity index (χ1) is 17.5. The molecule has 0 atom stereocenters. The van der Waals surface area contributed by atoms with Crippen LogP contribution in [0.5, 0.6) is 0 Å². The summed E-state index contributed by atoms with van der Waals surface area (Å²) in [5.74, 6) is 1.52. The minimum Gasteiger partial charge on any atom is -0.353 e. The van der Waals surface area contributed by atoms with E-state index in [0.29, 0.717) is 23.7 Å². The smallest absolute Gasteiger partial charge is 0.129 e. The Morgan fingerprint density at radius 2 is 1.83 bits per heavy atom. The zero-order valence-electron chi connectivity index (χ0n) is 20.3. The summed E-state index contributed by atoms with van der Waals surface area (Å²) in [6.45, 7) is 1.60. The first-order valence-electron chi connectivity index (χ1n) is 12.9. The average Bonchev–Trinajstić information content (AvgIpc) is 3.62. The van der Waals surface area contributed by atoms with Crippen molar-refractivity contribution >= 4 is 28.5 Å². The van der Waals surface area contributed by atoms with Crippen LogP contribution < -0.4 is 10.6 Å². The lowest BCUT2D eigenvalue weighted by Gasteiger charge is -2.37. The quantitative estimate of drug-likeness (QED) is 0.316. The molecule has 2 aliphatic carbocycles. The number of pyridine rings is 1. The molecule has 0 spiro atoms. The predicted molar refractivity (Wildman–Crippen MR) is 144 cm³/mol. The van der Waals surface area contributed by atoms with Crippen molar-refractivity contribution in [3.05, 3.63) is 77.5 Å². The molecule has 5 nitrogen and oxygen atoms in total. The van der Waals surface area contributed by atoms with Crippen molar-refractivity contribution in [3.63, 3.8) is 0 Å². The van der Waals surface area contributed by atoms with Gasteiger partial charge in [0, 0.05) is 36.9 Å². The maximum atomic E-state index is 13.7. The first-order valence-corrected chi connectivity index (χ1v) is 13.3. The van der Waals surface area contributed by atoms with Gasteiger partial charge in [0.2, 0.25) is 0 Å². The van der Waals surface area contributed by atoms with Gasteiger partial charge in [0.15, 0.2) is 0 Å². The van der Waals surface area contributed by atoms with E-state index in [0.717, 1.165) is 71.7 Å². The summed E-state index contributed by atoms with van der Waals surface area (Å²) in [5, 5.41) is 0.631. The molecule has 0 unspecified atom stereocenters. The van der Waals surface area contributed by atoms with Gasteiger partial charge in [0.05, 0.1) is 22.4 Å². The summed E-state index contributed by atoms with van der Waals surface area (Å²) in [7, 11) is 0. The van der Waals surface area contributed by atoms with E-state index < -0.39 is 0 Å². The lowest BCUT2D eigenvalue weighted by Crippen LogP contribution is -2.42. The van der Waals surface area contributed by atoms with Crippen molar-refractivity contribution in [2.24, 2.45) is 11.7 Å². The van der Waals surface area contributed by atoms with Gasteiger partial charge in [-0.05, 0) is 85.9 Å². The van der Waals surface area contributed by atoms with E-state index in [1.165, 1.54) is 18.9 Å². The molecule has 4 aromatic rings. The van der Waals surface area contributed by atoms with Crippen LogP contribution in [0.1, 0.15) is 44.1 Å². The van der Waals surface area contributed by atoms with Crippen LogP contribution in [0.4, 0.5) is 10.2 Å². The molecule has 7 heteroatoms. The van der Waals surface area contributed by atoms with Gasteiger partial charge in [0.1, 0.15) is 11.6 Å². The molecule has 186 valence electrons. The van der Waals surface area contributed by atoms with Gasteiger partial charge in [0.25, 0.3) is 0 Å². The van der Waals surface area contributed by atoms with Crippen LogP contribution in [0.2, 0.25) is 5.02 Å². The van der Waals surface area contributed by atoms with Crippen LogP contribution in [-0.4, -0.2) is 33.2 Å². The summed E-state index contributed by atoms with van der Waals surface area (Å²) in [6, 6.07) is 15.8. The van der Waals surface area contributed by atoms with Crippen LogP contribution in [0.15, 0.2) is 61.1 Å². The third-order valence-electron chi connectivity index (χ3n) is 7.64. The zero-order chi connectivity index (χ0) is 24.6. The Labute approximate surface area is 216 Å². The molecule has 0 saturated heterocycles. The van der Waals surface area contributed by atoms with Crippen molar-refractivity contribution in [2.45, 2.75) is 57.2 Å². The molecule has 0 amide bonds. The third kappa shape index (κ3) is 4.97. The topological polar surface area (TPSA) is 60.0 Å². The zero-order valence-corrected chi connectivity index (χ0v) is 21.0. The van der Waals surface area contributed by atoms with Gasteiger partial charge in [-0.3, -0.25) is 0 Å². The Balaban J connectivity index is 1.34. The number of benzene rings is 2. The van der Waals surface area contributed by atoms with Gasteiger partial charge in [-0.2, -0.15) is 0 Å². The molecule has 0 bridgehead atoms. The number of aromatic nitrogens is 3. The van der Waals surface area contributed by atoms with E-state index >= 15 is 0 Å². The molecule has 0 aliphatic heterocycles. The molecule has 2 saturated carbocycles. The Hall–Kier alpha value is -2.96. The van der Waals surface area contributed by atoms with Crippen molar-refractivity contribution in [1.82, 2.24) is 14.5 Å². The number of fused-ring (bicyclic) bond motifs is 1. The number of nitrogens with zero attached hydrogens (tertiary/aromatic N) is 4. The molecular weight excluding hydrogens is 473 g/mol. The van der Waals surface area contributed by atoms with Gasteiger partial charge in [-0.25, -0.2) is 14.4 Å². The Kier molecular flexibility index (Phi) is 6.40. The maximum Gasteiger partial charge on any atom is 0.129 e. The second kappa shape index (κ2) is 9.83. The van der Waals surface area contributed by atoms with Crippen LogP contribution in [0.25, 0.3) is 22.2 Å². The Morgan fingerprint density at radius 3 is 2.61 bits per heavy atom. The number of hydrogen-bond donors (Lipinski definition) is 1. The van der Waals surface area contributed by atoms with Gasteiger partial charge < -0.3 is 15.2 Å². The average molecular weight is 504 g/mol. The summed E-state index contributed by atoms with van der Waals surface area (Å²) >= 11 is 6.71. The third-order valence-corrected chi connectivity index (χ3v) is 7.94. The largest absolute Gasteiger partial charge is 0.353 e. The van der Waals surface area contributed by atoms with E-state index in [1.54, 1.807) is 18.3 Å². The van der Waals surface area contributed by atoms with E-state index in [1.807, 2.05) is 23.0 Å². The molecule has 0 radical (unpaired) electrons. The minimum atomic E-state index is -0.232. The number of anilines is 1. The number of hydrogen-bond acceptors (Lipinski definition) is 4. The highest BCUT2D eigenvalue weighted by Crippen LogP contribution is 2.37. The fourth-order valence-electron chi connectivity index (χ4n) is 5.41. The highest BCUT2D eigenvalue weighted by molar-refractivity contribution is 6.33. The predicted octanol–water partition coefficient (Wildman–Crippen LogP) is 6.43. The second-order valence-corrected chi connectivity index (χ2v) is 10.8. The number of halogens is 2. The van der Waals surface area contributed by atoms with E-state index in [2.05, 4.69) is 28.1 Å². The fraction of sp³-hybridized carbons (Fsp3) is 0.379. The van der Waals surface area contributed by atoms with Crippen LogP contribution in [-0.2, 0) is 6.54 Å². The van der Waals surface area contributed by atoms with Crippen molar-refractivity contribution in [2.75, 3.05) is 11.4 Å². The highest BCUT2D eigenvalue weighted by atomic mass is 35.5. The number of nitrogens with two attached hydrogens (primary N) is 1. The highest BCUT2D eigenvalue weighted by Gasteiger charge is 2.31. The molecule has 2 N–H and O–H groups in total. The molecule has 2 heterocycles. The summed E-state index contributed by atoms with van der Waals surface area (Å²) < 4.78 is 15.8. The summed E-state index contributed by atoms with van der Waals surface area (Å²) in [5.41, 5.74) is 11.0. The standard InChI is InChI=1S/C29H31ClFN5/c30-26-15-33-29(36(17-19-4-5-19)24-9-7-23(32)8-10-24)14-25(26)21-6-11-27-28(13-21)35(18-34-27)16-20-2-1-3-22(31)12-20/h1-3,6,11-15,18-19,23-24H,4-5,7-10,16-17,32H2. The lowest BCUT2D eigenvalue weighted by atomic mass is 9.90. The van der Waals surface area contributed by atoms with Crippen molar-refractivity contribution < 1.29 is 4.39 Å². The lowest BCUT2D eigenvalue weighted by molar-refractivity contribution is 0.371. The Morgan fingerprint density at radius 1 is 1.00 bits per heavy atom. The normalized spacial score (nSPS) is 20.1. The molecular formula is C29H31ClFN5. The summed E-state index contributed by atoms with van der Waals surface area (Å²) in [6.07, 6.45) is 10.6. The van der Waals surface area contributed by atoms with Gasteiger partial charge >= 0.3 is 0 Å². The SMILES string of the molecule is NC1CCC(N(CC2CC2)c2cc(-c3ccc4ncn(Cc5cccc(F)c5)c4c3)c(Cl)cn2)CC1. The summed E-state index contributed by atoms with van der Waals surface area (Å²) in [4.78, 5) is 11.8. The van der Waals surface area contributed by atoms with Gasteiger partial charge in [-0.15, -0.1) is 0 Å². The first kappa shape index (κ1) is 23.4. The van der Waals surface area contributed by atoms with Crippen molar-refractivity contribution in [3.8, 4) is 11.1 Å². The van der Waals surface area contributed by atoms with Crippen LogP contribution >= 0.6 is 11.6 Å². The molecule has 2 aromatic carbocycles. The molecule has 2 aliphatic rings. The molecule has 2 fully saturated rings. The maximum absolute atomic E-state index is 13.7. The molecule has 6 rings (SSSR count). The van der Waals surface area contributed by atoms with Crippen LogP contribution in [0, 0.1) is 11.7 Å². The fourth-order valence-corrected chi connectivity index (χ4v) is 5.62. The monoisotopic (exact) mass is 503 g/mol. The van der Waals surface area contributed by atoms with E-state index in [-0.39, 0.29) is 5.82 Å².